The van der Waals surface area contributed by atoms with Gasteiger partial charge in [-0.2, -0.15) is 13.2 Å². The quantitative estimate of drug-likeness (QED) is 0.767. The lowest BCUT2D eigenvalue weighted by atomic mass is 10.1. The van der Waals surface area contributed by atoms with Crippen LogP contribution in [0.4, 0.5) is 13.2 Å². The molecule has 0 spiro atoms. The zero-order valence-corrected chi connectivity index (χ0v) is 9.17. The summed E-state index contributed by atoms with van der Waals surface area (Å²) in [5.74, 6) is -1.32. The standard InChI is InChI=1S/C10H10F3NO3/c1-16-7(15)5-6-3-4-14-9(17-2)8(6)10(11,12)13/h3-4H,5H2,1-2H3. The molecular weight excluding hydrogens is 239 g/mol. The van der Waals surface area contributed by atoms with E-state index in [2.05, 4.69) is 14.5 Å². The largest absolute Gasteiger partial charge is 0.481 e. The van der Waals surface area contributed by atoms with Gasteiger partial charge in [0.15, 0.2) is 0 Å². The molecule has 0 atom stereocenters. The van der Waals surface area contributed by atoms with Crippen LogP contribution in [0.15, 0.2) is 12.3 Å². The molecule has 1 aromatic rings. The Hall–Kier alpha value is -1.79. The van der Waals surface area contributed by atoms with E-state index in [0.717, 1.165) is 26.5 Å². The lowest BCUT2D eigenvalue weighted by Crippen LogP contribution is -2.15. The molecule has 0 amide bonds. The number of halogens is 3. The van der Waals surface area contributed by atoms with Crippen molar-refractivity contribution < 1.29 is 27.4 Å². The molecular formula is C10H10F3NO3. The molecule has 0 unspecified atom stereocenters. The lowest BCUT2D eigenvalue weighted by Gasteiger charge is -2.14. The third-order valence-corrected chi connectivity index (χ3v) is 2.04. The molecule has 0 N–H and O–H groups in total. The first-order valence-electron chi connectivity index (χ1n) is 4.56. The summed E-state index contributed by atoms with van der Waals surface area (Å²) in [4.78, 5) is 14.5. The van der Waals surface area contributed by atoms with Gasteiger partial charge < -0.3 is 9.47 Å². The normalized spacial score (nSPS) is 11.1. The molecule has 0 aromatic carbocycles. The van der Waals surface area contributed by atoms with Crippen molar-refractivity contribution in [3.05, 3.63) is 23.4 Å². The summed E-state index contributed by atoms with van der Waals surface area (Å²) in [6.45, 7) is 0. The van der Waals surface area contributed by atoms with Gasteiger partial charge in [-0.3, -0.25) is 4.79 Å². The number of hydrogen-bond acceptors (Lipinski definition) is 4. The number of rotatable bonds is 3. The third kappa shape index (κ3) is 3.08. The predicted octanol–water partition coefficient (Wildman–Crippen LogP) is 1.82. The van der Waals surface area contributed by atoms with Crippen molar-refractivity contribution >= 4 is 5.97 Å². The van der Waals surface area contributed by atoms with E-state index in [1.807, 2.05) is 0 Å². The molecule has 0 saturated carbocycles. The van der Waals surface area contributed by atoms with Crippen molar-refractivity contribution in [2.75, 3.05) is 14.2 Å². The van der Waals surface area contributed by atoms with E-state index < -0.39 is 30.0 Å². The summed E-state index contributed by atoms with van der Waals surface area (Å²) in [6.07, 6.45) is -3.97. The van der Waals surface area contributed by atoms with Crippen LogP contribution in [0, 0.1) is 0 Å². The first-order valence-corrected chi connectivity index (χ1v) is 4.56. The van der Waals surface area contributed by atoms with Crippen molar-refractivity contribution in [2.45, 2.75) is 12.6 Å². The zero-order chi connectivity index (χ0) is 13.1. The Kier molecular flexibility index (Phi) is 3.93. The second kappa shape index (κ2) is 5.03. The number of alkyl halides is 3. The van der Waals surface area contributed by atoms with E-state index in [-0.39, 0.29) is 5.56 Å². The predicted molar refractivity (Wildman–Crippen MR) is 51.5 cm³/mol. The van der Waals surface area contributed by atoms with Crippen LogP contribution in [0.5, 0.6) is 5.88 Å². The number of nitrogens with zero attached hydrogens (tertiary/aromatic N) is 1. The fourth-order valence-electron chi connectivity index (χ4n) is 1.31. The lowest BCUT2D eigenvalue weighted by molar-refractivity contribution is -0.142. The summed E-state index contributed by atoms with van der Waals surface area (Å²) in [6, 6.07) is 1.11. The van der Waals surface area contributed by atoms with E-state index in [1.165, 1.54) is 0 Å². The number of hydrogen-bond donors (Lipinski definition) is 0. The van der Waals surface area contributed by atoms with Crippen molar-refractivity contribution in [2.24, 2.45) is 0 Å². The molecule has 0 saturated heterocycles. The van der Waals surface area contributed by atoms with Crippen LogP contribution < -0.4 is 4.74 Å². The van der Waals surface area contributed by atoms with Gasteiger partial charge in [0.1, 0.15) is 5.56 Å². The van der Waals surface area contributed by atoms with Crippen molar-refractivity contribution in [3.8, 4) is 5.88 Å². The maximum Gasteiger partial charge on any atom is 0.421 e. The van der Waals surface area contributed by atoms with Crippen LogP contribution in [-0.2, 0) is 22.1 Å². The number of carbonyl (C=O) groups is 1. The van der Waals surface area contributed by atoms with Crippen LogP contribution in [-0.4, -0.2) is 25.2 Å². The minimum atomic E-state index is -4.64. The monoisotopic (exact) mass is 249 g/mol. The Morgan fingerprint density at radius 2 is 2.06 bits per heavy atom. The highest BCUT2D eigenvalue weighted by molar-refractivity contribution is 5.73. The second-order valence-electron chi connectivity index (χ2n) is 3.11. The molecule has 0 aliphatic rings. The van der Waals surface area contributed by atoms with E-state index in [9.17, 15) is 18.0 Å². The van der Waals surface area contributed by atoms with Crippen molar-refractivity contribution in [3.63, 3.8) is 0 Å². The number of aromatic nitrogens is 1. The summed E-state index contributed by atoms with van der Waals surface area (Å²) >= 11 is 0. The van der Waals surface area contributed by atoms with Gasteiger partial charge >= 0.3 is 12.1 Å². The SMILES string of the molecule is COC(=O)Cc1ccnc(OC)c1C(F)(F)F. The number of ether oxygens (including phenoxy) is 2. The molecule has 1 aromatic heterocycles. The van der Waals surface area contributed by atoms with E-state index >= 15 is 0 Å². The first kappa shape index (κ1) is 13.3. The molecule has 7 heteroatoms. The Balaban J connectivity index is 3.25. The highest BCUT2D eigenvalue weighted by atomic mass is 19.4. The fraction of sp³-hybridized carbons (Fsp3) is 0.400. The van der Waals surface area contributed by atoms with Crippen molar-refractivity contribution in [1.82, 2.24) is 4.98 Å². The fourth-order valence-corrected chi connectivity index (χ4v) is 1.31. The molecule has 0 radical (unpaired) electrons. The molecule has 1 heterocycles. The number of esters is 1. The average Bonchev–Trinajstić information content (AvgIpc) is 2.26. The van der Waals surface area contributed by atoms with Crippen LogP contribution in [0.25, 0.3) is 0 Å². The summed E-state index contributed by atoms with van der Waals surface area (Å²) in [7, 11) is 2.19. The van der Waals surface area contributed by atoms with Crippen LogP contribution in [0.2, 0.25) is 0 Å². The minimum Gasteiger partial charge on any atom is -0.481 e. The molecule has 0 aliphatic carbocycles. The number of pyridine rings is 1. The van der Waals surface area contributed by atoms with Gasteiger partial charge in [0.2, 0.25) is 5.88 Å². The third-order valence-electron chi connectivity index (χ3n) is 2.04. The number of methoxy groups -OCH3 is 2. The van der Waals surface area contributed by atoms with Gasteiger partial charge in [-0.05, 0) is 11.6 Å². The maximum atomic E-state index is 12.8. The topological polar surface area (TPSA) is 48.4 Å². The summed E-state index contributed by atoms with van der Waals surface area (Å²) in [5, 5.41) is 0. The zero-order valence-electron chi connectivity index (χ0n) is 9.17. The summed E-state index contributed by atoms with van der Waals surface area (Å²) < 4.78 is 47.2. The Bertz CT molecular complexity index is 418. The van der Waals surface area contributed by atoms with Gasteiger partial charge in [-0.1, -0.05) is 0 Å². The molecule has 0 bridgehead atoms. The van der Waals surface area contributed by atoms with E-state index in [4.69, 9.17) is 0 Å². The van der Waals surface area contributed by atoms with Crippen LogP contribution >= 0.6 is 0 Å². The minimum absolute atomic E-state index is 0.226. The molecule has 17 heavy (non-hydrogen) atoms. The smallest absolute Gasteiger partial charge is 0.421 e. The van der Waals surface area contributed by atoms with Crippen LogP contribution in [0.3, 0.4) is 0 Å². The van der Waals surface area contributed by atoms with Gasteiger partial charge in [0, 0.05) is 6.20 Å². The molecule has 4 nitrogen and oxygen atoms in total. The number of carbonyl (C=O) groups excluding carboxylic acids is 1. The average molecular weight is 249 g/mol. The Morgan fingerprint density at radius 3 is 2.53 bits per heavy atom. The highest BCUT2D eigenvalue weighted by Gasteiger charge is 2.38. The highest BCUT2D eigenvalue weighted by Crippen LogP contribution is 2.37. The van der Waals surface area contributed by atoms with E-state index in [0.29, 0.717) is 0 Å². The van der Waals surface area contributed by atoms with Gasteiger partial charge in [0.25, 0.3) is 0 Å². The molecule has 0 aliphatic heterocycles. The molecule has 1 rings (SSSR count). The first-order chi connectivity index (χ1) is 7.90. The van der Waals surface area contributed by atoms with Crippen molar-refractivity contribution in [1.29, 1.82) is 0 Å². The van der Waals surface area contributed by atoms with E-state index in [1.54, 1.807) is 0 Å². The van der Waals surface area contributed by atoms with Gasteiger partial charge in [0.05, 0.1) is 20.6 Å². The second-order valence-corrected chi connectivity index (χ2v) is 3.11. The van der Waals surface area contributed by atoms with Gasteiger partial charge in [-0.25, -0.2) is 4.98 Å². The van der Waals surface area contributed by atoms with Gasteiger partial charge in [-0.15, -0.1) is 0 Å². The molecule has 94 valence electrons. The Labute approximate surface area is 95.4 Å². The maximum absolute atomic E-state index is 12.8. The Morgan fingerprint density at radius 1 is 1.41 bits per heavy atom. The summed E-state index contributed by atoms with van der Waals surface area (Å²) in [5.41, 5.74) is -1.27. The molecule has 0 fully saturated rings. The van der Waals surface area contributed by atoms with Crippen LogP contribution in [0.1, 0.15) is 11.1 Å².